The van der Waals surface area contributed by atoms with Gasteiger partial charge in [-0.05, 0) is 36.4 Å². The smallest absolute Gasteiger partial charge is 0.0946 e. The van der Waals surface area contributed by atoms with E-state index in [1.807, 2.05) is 12.5 Å². The number of aryl methyl sites for hydroxylation is 1. The first-order valence-corrected chi connectivity index (χ1v) is 7.59. The van der Waals surface area contributed by atoms with Crippen LogP contribution in [0.25, 0.3) is 0 Å². The summed E-state index contributed by atoms with van der Waals surface area (Å²) in [5.74, 6) is 0.781. The van der Waals surface area contributed by atoms with Crippen LogP contribution in [-0.4, -0.2) is 16.1 Å². The summed E-state index contributed by atoms with van der Waals surface area (Å²) < 4.78 is 2.10. The van der Waals surface area contributed by atoms with E-state index in [2.05, 4.69) is 53.1 Å². The fourth-order valence-electron chi connectivity index (χ4n) is 2.98. The Bertz CT molecular complexity index is 569. The lowest BCUT2D eigenvalue weighted by Crippen LogP contribution is -2.24. The summed E-state index contributed by atoms with van der Waals surface area (Å²) >= 11 is 0. The molecule has 1 aromatic carbocycles. The van der Waals surface area contributed by atoms with E-state index in [4.69, 9.17) is 0 Å². The van der Waals surface area contributed by atoms with Crippen molar-refractivity contribution in [3.8, 4) is 0 Å². The molecule has 0 bridgehead atoms. The SMILES string of the molecule is CCNC(c1cccc(C2CCC2)c1)c1cncn1C. The summed E-state index contributed by atoms with van der Waals surface area (Å²) in [5, 5.41) is 3.58. The number of hydrogen-bond donors (Lipinski definition) is 1. The van der Waals surface area contributed by atoms with Crippen LogP contribution < -0.4 is 5.32 Å². The maximum Gasteiger partial charge on any atom is 0.0946 e. The van der Waals surface area contributed by atoms with Crippen molar-refractivity contribution in [2.75, 3.05) is 6.54 Å². The molecule has 1 aliphatic rings. The summed E-state index contributed by atoms with van der Waals surface area (Å²) in [7, 11) is 2.06. The summed E-state index contributed by atoms with van der Waals surface area (Å²) in [6, 6.07) is 9.31. The zero-order valence-electron chi connectivity index (χ0n) is 12.3. The first-order chi connectivity index (χ1) is 9.79. The van der Waals surface area contributed by atoms with Gasteiger partial charge in [-0.1, -0.05) is 37.6 Å². The predicted octanol–water partition coefficient (Wildman–Crippen LogP) is 3.39. The van der Waals surface area contributed by atoms with Crippen LogP contribution in [0, 0.1) is 0 Å². The molecule has 1 atom stereocenters. The lowest BCUT2D eigenvalue weighted by Gasteiger charge is -2.27. The van der Waals surface area contributed by atoms with Crippen molar-refractivity contribution < 1.29 is 0 Å². The monoisotopic (exact) mass is 269 g/mol. The molecule has 1 fully saturated rings. The highest BCUT2D eigenvalue weighted by Crippen LogP contribution is 2.37. The largest absolute Gasteiger partial charge is 0.336 e. The lowest BCUT2D eigenvalue weighted by atomic mass is 9.79. The Morgan fingerprint density at radius 1 is 1.40 bits per heavy atom. The molecule has 1 N–H and O–H groups in total. The van der Waals surface area contributed by atoms with Gasteiger partial charge in [0.05, 0.1) is 24.3 Å². The van der Waals surface area contributed by atoms with E-state index in [0.717, 1.165) is 12.5 Å². The van der Waals surface area contributed by atoms with Gasteiger partial charge in [0, 0.05) is 7.05 Å². The van der Waals surface area contributed by atoms with Gasteiger partial charge in [-0.2, -0.15) is 0 Å². The summed E-state index contributed by atoms with van der Waals surface area (Å²) in [4.78, 5) is 4.26. The van der Waals surface area contributed by atoms with Gasteiger partial charge >= 0.3 is 0 Å². The maximum atomic E-state index is 4.26. The van der Waals surface area contributed by atoms with E-state index in [-0.39, 0.29) is 6.04 Å². The molecule has 3 rings (SSSR count). The zero-order valence-corrected chi connectivity index (χ0v) is 12.3. The van der Waals surface area contributed by atoms with E-state index in [9.17, 15) is 0 Å². The third-order valence-corrected chi connectivity index (χ3v) is 4.38. The molecule has 20 heavy (non-hydrogen) atoms. The van der Waals surface area contributed by atoms with Gasteiger partial charge in [0.2, 0.25) is 0 Å². The van der Waals surface area contributed by atoms with Crippen LogP contribution in [0.5, 0.6) is 0 Å². The Balaban J connectivity index is 1.93. The van der Waals surface area contributed by atoms with E-state index < -0.39 is 0 Å². The Morgan fingerprint density at radius 3 is 2.85 bits per heavy atom. The third kappa shape index (κ3) is 2.50. The minimum Gasteiger partial charge on any atom is -0.336 e. The number of imidazole rings is 1. The minimum absolute atomic E-state index is 0.229. The Hall–Kier alpha value is -1.61. The molecule has 0 saturated heterocycles. The molecule has 1 saturated carbocycles. The van der Waals surface area contributed by atoms with Gasteiger partial charge < -0.3 is 9.88 Å². The molecule has 1 heterocycles. The van der Waals surface area contributed by atoms with Crippen LogP contribution in [-0.2, 0) is 7.05 Å². The van der Waals surface area contributed by atoms with Gasteiger partial charge in [0.1, 0.15) is 0 Å². The molecule has 0 aliphatic heterocycles. The maximum absolute atomic E-state index is 4.26. The van der Waals surface area contributed by atoms with Gasteiger partial charge in [0.15, 0.2) is 0 Å². The number of benzene rings is 1. The molecular formula is C17H23N3. The Kier molecular flexibility index (Phi) is 3.88. The molecule has 1 unspecified atom stereocenters. The molecule has 1 aromatic heterocycles. The second-order valence-electron chi connectivity index (χ2n) is 5.72. The Labute approximate surface area is 121 Å². The summed E-state index contributed by atoms with van der Waals surface area (Å²) in [6.45, 7) is 3.10. The van der Waals surface area contributed by atoms with Gasteiger partial charge in [-0.25, -0.2) is 4.98 Å². The standard InChI is InChI=1S/C17H23N3/c1-3-19-17(16-11-18-12-20(16)2)15-9-5-8-14(10-15)13-6-4-7-13/h5,8-13,17,19H,3-4,6-7H2,1-2H3. The topological polar surface area (TPSA) is 29.9 Å². The van der Waals surface area contributed by atoms with Crippen LogP contribution in [0.4, 0.5) is 0 Å². The van der Waals surface area contributed by atoms with Gasteiger partial charge in [-0.3, -0.25) is 0 Å². The number of hydrogen-bond acceptors (Lipinski definition) is 2. The van der Waals surface area contributed by atoms with Crippen LogP contribution in [0.3, 0.4) is 0 Å². The molecule has 0 radical (unpaired) electrons. The fourth-order valence-corrected chi connectivity index (χ4v) is 2.98. The van der Waals surface area contributed by atoms with Crippen molar-refractivity contribution in [1.29, 1.82) is 0 Å². The second-order valence-corrected chi connectivity index (χ2v) is 5.72. The second kappa shape index (κ2) is 5.80. The number of rotatable bonds is 5. The third-order valence-electron chi connectivity index (χ3n) is 4.38. The summed E-state index contributed by atoms with van der Waals surface area (Å²) in [5.41, 5.74) is 4.07. The highest BCUT2D eigenvalue weighted by atomic mass is 15.1. The lowest BCUT2D eigenvalue weighted by molar-refractivity contribution is 0.419. The van der Waals surface area contributed by atoms with Crippen molar-refractivity contribution in [2.45, 2.75) is 38.1 Å². The molecule has 3 heteroatoms. The average Bonchev–Trinajstić information content (AvgIpc) is 2.80. The number of nitrogens with one attached hydrogen (secondary N) is 1. The van der Waals surface area contributed by atoms with Crippen molar-refractivity contribution in [2.24, 2.45) is 7.05 Å². The van der Waals surface area contributed by atoms with E-state index in [0.29, 0.717) is 0 Å². The van der Waals surface area contributed by atoms with Crippen molar-refractivity contribution >= 4 is 0 Å². The molecule has 3 nitrogen and oxygen atoms in total. The van der Waals surface area contributed by atoms with Crippen molar-refractivity contribution in [1.82, 2.24) is 14.9 Å². The molecule has 1 aliphatic carbocycles. The average molecular weight is 269 g/mol. The van der Waals surface area contributed by atoms with E-state index in [1.54, 1.807) is 0 Å². The van der Waals surface area contributed by atoms with Crippen LogP contribution in [0.1, 0.15) is 55.0 Å². The number of aromatic nitrogens is 2. The van der Waals surface area contributed by atoms with E-state index >= 15 is 0 Å². The first kappa shape index (κ1) is 13.4. The first-order valence-electron chi connectivity index (χ1n) is 7.59. The fraction of sp³-hybridized carbons (Fsp3) is 0.471. The molecular weight excluding hydrogens is 246 g/mol. The molecule has 106 valence electrons. The minimum atomic E-state index is 0.229. The quantitative estimate of drug-likeness (QED) is 0.901. The van der Waals surface area contributed by atoms with E-state index in [1.165, 1.54) is 36.1 Å². The van der Waals surface area contributed by atoms with Crippen LogP contribution in [0.2, 0.25) is 0 Å². The van der Waals surface area contributed by atoms with Crippen molar-refractivity contribution in [3.05, 3.63) is 53.6 Å². The zero-order chi connectivity index (χ0) is 13.9. The molecule has 0 amide bonds. The highest BCUT2D eigenvalue weighted by molar-refractivity contribution is 5.33. The van der Waals surface area contributed by atoms with Crippen molar-refractivity contribution in [3.63, 3.8) is 0 Å². The normalized spacial score (nSPS) is 16.9. The van der Waals surface area contributed by atoms with Gasteiger partial charge in [0.25, 0.3) is 0 Å². The highest BCUT2D eigenvalue weighted by Gasteiger charge is 2.22. The van der Waals surface area contributed by atoms with Crippen LogP contribution in [0.15, 0.2) is 36.8 Å². The predicted molar refractivity (Wildman–Crippen MR) is 81.8 cm³/mol. The molecule has 0 spiro atoms. The van der Waals surface area contributed by atoms with Crippen LogP contribution >= 0.6 is 0 Å². The Morgan fingerprint density at radius 2 is 2.25 bits per heavy atom. The van der Waals surface area contributed by atoms with Gasteiger partial charge in [-0.15, -0.1) is 0 Å². The summed E-state index contributed by atoms with van der Waals surface area (Å²) in [6.07, 6.45) is 7.91. The molecule has 2 aromatic rings. The number of nitrogens with zero attached hydrogens (tertiary/aromatic N) is 2.